The first kappa shape index (κ1) is 12.2. The van der Waals surface area contributed by atoms with Crippen LogP contribution in [0.1, 0.15) is 32.1 Å². The van der Waals surface area contributed by atoms with Crippen molar-refractivity contribution in [3.05, 3.63) is 12.2 Å². The molecular formula is C12H21NO2. The molecule has 0 aliphatic carbocycles. The van der Waals surface area contributed by atoms with Crippen molar-refractivity contribution >= 4 is 5.97 Å². The highest BCUT2D eigenvalue weighted by molar-refractivity contribution is 5.70. The number of hydrogen-bond donors (Lipinski definition) is 0. The lowest BCUT2D eigenvalue weighted by molar-refractivity contribution is -0.139. The third-order valence-electron chi connectivity index (χ3n) is 3.01. The first-order valence-electron chi connectivity index (χ1n) is 5.66. The fourth-order valence-electron chi connectivity index (χ4n) is 1.96. The predicted molar refractivity (Wildman–Crippen MR) is 60.7 cm³/mol. The second-order valence-corrected chi connectivity index (χ2v) is 4.12. The zero-order valence-corrected chi connectivity index (χ0v) is 9.74. The molecule has 1 saturated heterocycles. The topological polar surface area (TPSA) is 29.5 Å². The Hall–Kier alpha value is -0.830. The Morgan fingerprint density at radius 1 is 1.47 bits per heavy atom. The molecule has 0 radical (unpaired) electrons. The molecule has 1 aliphatic heterocycles. The van der Waals surface area contributed by atoms with Gasteiger partial charge in [-0.3, -0.25) is 4.79 Å². The highest BCUT2D eigenvalue weighted by atomic mass is 16.5. The standard InChI is InChI=1S/C12H21NO2/c1-13-10-6-5-8-11(13)7-3-4-9-12(14)15-2/h3-4,11H,5-10H2,1-2H3/b4-3-. The number of carbonyl (C=O) groups excluding carboxylic acids is 1. The van der Waals surface area contributed by atoms with Crippen molar-refractivity contribution in [1.82, 2.24) is 4.90 Å². The fourth-order valence-corrected chi connectivity index (χ4v) is 1.96. The number of hydrogen-bond acceptors (Lipinski definition) is 3. The van der Waals surface area contributed by atoms with E-state index < -0.39 is 0 Å². The van der Waals surface area contributed by atoms with E-state index in [4.69, 9.17) is 0 Å². The molecule has 0 spiro atoms. The molecule has 0 amide bonds. The lowest BCUT2D eigenvalue weighted by atomic mass is 10.00. The van der Waals surface area contributed by atoms with E-state index in [1.165, 1.54) is 32.9 Å². The number of piperidine rings is 1. The number of nitrogens with zero attached hydrogens (tertiary/aromatic N) is 1. The van der Waals surface area contributed by atoms with Crippen molar-refractivity contribution in [2.75, 3.05) is 20.7 Å². The SMILES string of the molecule is COC(=O)C/C=C\CC1CCCCN1C. The second kappa shape index (κ2) is 6.62. The van der Waals surface area contributed by atoms with Gasteiger partial charge in [-0.25, -0.2) is 0 Å². The van der Waals surface area contributed by atoms with Crippen molar-refractivity contribution in [3.63, 3.8) is 0 Å². The molecule has 15 heavy (non-hydrogen) atoms. The van der Waals surface area contributed by atoms with Gasteiger partial charge in [-0.05, 0) is 32.9 Å². The van der Waals surface area contributed by atoms with Crippen LogP contribution in [0, 0.1) is 0 Å². The maximum Gasteiger partial charge on any atom is 0.309 e. The van der Waals surface area contributed by atoms with Gasteiger partial charge in [0.2, 0.25) is 0 Å². The van der Waals surface area contributed by atoms with Crippen LogP contribution in [-0.4, -0.2) is 37.6 Å². The maximum atomic E-state index is 10.8. The smallest absolute Gasteiger partial charge is 0.309 e. The van der Waals surface area contributed by atoms with Gasteiger partial charge in [0.25, 0.3) is 0 Å². The second-order valence-electron chi connectivity index (χ2n) is 4.12. The first-order chi connectivity index (χ1) is 7.24. The van der Waals surface area contributed by atoms with Gasteiger partial charge in [-0.2, -0.15) is 0 Å². The number of esters is 1. The average Bonchev–Trinajstić information content (AvgIpc) is 2.26. The predicted octanol–water partition coefficient (Wildman–Crippen LogP) is 1.98. The maximum absolute atomic E-state index is 10.8. The molecule has 0 N–H and O–H groups in total. The Kier molecular flexibility index (Phi) is 5.40. The lowest BCUT2D eigenvalue weighted by Gasteiger charge is -2.31. The first-order valence-corrected chi connectivity index (χ1v) is 5.66. The summed E-state index contributed by atoms with van der Waals surface area (Å²) in [5.74, 6) is -0.164. The van der Waals surface area contributed by atoms with Crippen molar-refractivity contribution in [2.45, 2.75) is 38.1 Å². The quantitative estimate of drug-likeness (QED) is 0.526. The minimum Gasteiger partial charge on any atom is -0.469 e. The normalized spacial score (nSPS) is 23.2. The zero-order chi connectivity index (χ0) is 11.1. The van der Waals surface area contributed by atoms with Crippen LogP contribution in [-0.2, 0) is 9.53 Å². The molecule has 1 rings (SSSR count). The molecule has 1 unspecified atom stereocenters. The number of rotatable bonds is 4. The molecule has 0 saturated carbocycles. The van der Waals surface area contributed by atoms with Crippen LogP contribution in [0.15, 0.2) is 12.2 Å². The molecule has 3 heteroatoms. The number of carbonyl (C=O) groups is 1. The Bertz CT molecular complexity index is 226. The van der Waals surface area contributed by atoms with Gasteiger partial charge in [0.15, 0.2) is 0 Å². The van der Waals surface area contributed by atoms with Crippen molar-refractivity contribution in [3.8, 4) is 0 Å². The minimum atomic E-state index is -0.164. The summed E-state index contributed by atoms with van der Waals surface area (Å²) in [7, 11) is 3.60. The largest absolute Gasteiger partial charge is 0.469 e. The molecule has 3 nitrogen and oxygen atoms in total. The highest BCUT2D eigenvalue weighted by Crippen LogP contribution is 2.17. The van der Waals surface area contributed by atoms with E-state index >= 15 is 0 Å². The van der Waals surface area contributed by atoms with Crippen molar-refractivity contribution in [2.24, 2.45) is 0 Å². The summed E-state index contributed by atoms with van der Waals surface area (Å²) >= 11 is 0. The Balaban J connectivity index is 2.20. The van der Waals surface area contributed by atoms with E-state index in [2.05, 4.69) is 22.8 Å². The van der Waals surface area contributed by atoms with Crippen LogP contribution < -0.4 is 0 Å². The molecule has 86 valence electrons. The average molecular weight is 211 g/mol. The van der Waals surface area contributed by atoms with E-state index in [1.54, 1.807) is 0 Å². The summed E-state index contributed by atoms with van der Waals surface area (Å²) < 4.78 is 4.56. The summed E-state index contributed by atoms with van der Waals surface area (Å²) in [6.07, 6.45) is 9.38. The fraction of sp³-hybridized carbons (Fsp3) is 0.750. The van der Waals surface area contributed by atoms with E-state index in [1.807, 2.05) is 6.08 Å². The van der Waals surface area contributed by atoms with E-state index in [0.29, 0.717) is 12.5 Å². The summed E-state index contributed by atoms with van der Waals surface area (Å²) in [6, 6.07) is 0.660. The number of likely N-dealkylation sites (tertiary alicyclic amines) is 1. The van der Waals surface area contributed by atoms with Crippen LogP contribution in [0.5, 0.6) is 0 Å². The van der Waals surface area contributed by atoms with Crippen molar-refractivity contribution in [1.29, 1.82) is 0 Å². The summed E-state index contributed by atoms with van der Waals surface area (Å²) in [5.41, 5.74) is 0. The van der Waals surface area contributed by atoms with Gasteiger partial charge in [0.05, 0.1) is 13.5 Å². The van der Waals surface area contributed by atoms with Crippen LogP contribution in [0.3, 0.4) is 0 Å². The van der Waals surface area contributed by atoms with Gasteiger partial charge in [0.1, 0.15) is 0 Å². The van der Waals surface area contributed by atoms with Gasteiger partial charge in [-0.15, -0.1) is 0 Å². The monoisotopic (exact) mass is 211 g/mol. The lowest BCUT2D eigenvalue weighted by Crippen LogP contribution is -2.35. The van der Waals surface area contributed by atoms with E-state index in [9.17, 15) is 4.79 Å². The molecule has 0 bridgehead atoms. The Labute approximate surface area is 92.1 Å². The summed E-state index contributed by atoms with van der Waals surface area (Å²) in [6.45, 7) is 1.20. The van der Waals surface area contributed by atoms with Crippen LogP contribution in [0.25, 0.3) is 0 Å². The van der Waals surface area contributed by atoms with E-state index in [0.717, 1.165) is 6.42 Å². The molecule has 1 heterocycles. The van der Waals surface area contributed by atoms with Crippen molar-refractivity contribution < 1.29 is 9.53 Å². The molecular weight excluding hydrogens is 190 g/mol. The molecule has 1 aliphatic rings. The zero-order valence-electron chi connectivity index (χ0n) is 9.74. The highest BCUT2D eigenvalue weighted by Gasteiger charge is 2.16. The molecule has 0 aromatic rings. The Morgan fingerprint density at radius 3 is 2.93 bits per heavy atom. The third kappa shape index (κ3) is 4.47. The molecule has 0 aromatic heterocycles. The minimum absolute atomic E-state index is 0.164. The van der Waals surface area contributed by atoms with Crippen LogP contribution in [0.4, 0.5) is 0 Å². The third-order valence-corrected chi connectivity index (χ3v) is 3.01. The van der Waals surface area contributed by atoms with E-state index in [-0.39, 0.29) is 5.97 Å². The van der Waals surface area contributed by atoms with Gasteiger partial charge in [-0.1, -0.05) is 18.6 Å². The summed E-state index contributed by atoms with van der Waals surface area (Å²) in [5, 5.41) is 0. The van der Waals surface area contributed by atoms with Crippen LogP contribution in [0.2, 0.25) is 0 Å². The molecule has 1 fully saturated rings. The number of methoxy groups -OCH3 is 1. The van der Waals surface area contributed by atoms with Gasteiger partial charge >= 0.3 is 5.97 Å². The van der Waals surface area contributed by atoms with Gasteiger partial charge in [0, 0.05) is 6.04 Å². The molecule has 1 atom stereocenters. The molecule has 0 aromatic carbocycles. The Morgan fingerprint density at radius 2 is 2.27 bits per heavy atom. The van der Waals surface area contributed by atoms with Gasteiger partial charge < -0.3 is 9.64 Å². The summed E-state index contributed by atoms with van der Waals surface area (Å²) in [4.78, 5) is 13.3. The van der Waals surface area contributed by atoms with Crippen LogP contribution >= 0.6 is 0 Å². The number of ether oxygens (including phenoxy) is 1.